The van der Waals surface area contributed by atoms with Crippen LogP contribution in [-0.4, -0.2) is 46.0 Å². The second kappa shape index (κ2) is 6.32. The maximum absolute atomic E-state index is 12.7. The Morgan fingerprint density at radius 2 is 2.00 bits per heavy atom. The molecule has 21 heavy (non-hydrogen) atoms. The fourth-order valence-electron chi connectivity index (χ4n) is 2.20. The Morgan fingerprint density at radius 1 is 1.33 bits per heavy atom. The molecule has 1 heterocycles. The van der Waals surface area contributed by atoms with Gasteiger partial charge in [0.05, 0.1) is 17.1 Å². The zero-order chi connectivity index (χ0) is 15.5. The van der Waals surface area contributed by atoms with E-state index < -0.39 is 10.0 Å². The van der Waals surface area contributed by atoms with E-state index in [1.807, 2.05) is 11.9 Å². The van der Waals surface area contributed by atoms with Gasteiger partial charge in [0.15, 0.2) is 0 Å². The summed E-state index contributed by atoms with van der Waals surface area (Å²) in [5.41, 5.74) is 0.791. The van der Waals surface area contributed by atoms with E-state index in [2.05, 4.69) is 13.2 Å². The first kappa shape index (κ1) is 15.6. The quantitative estimate of drug-likeness (QED) is 0.753. The molecule has 0 spiro atoms. The molecule has 0 bridgehead atoms. The highest BCUT2D eigenvalue weighted by Crippen LogP contribution is 2.33. The number of sulfonamides is 1. The van der Waals surface area contributed by atoms with Gasteiger partial charge in [-0.15, -0.1) is 13.2 Å². The Hall–Kier alpha value is -1.79. The van der Waals surface area contributed by atoms with Crippen LogP contribution in [0.1, 0.15) is 0 Å². The summed E-state index contributed by atoms with van der Waals surface area (Å²) in [6, 6.07) is 4.94. The summed E-state index contributed by atoms with van der Waals surface area (Å²) in [7, 11) is -1.65. The minimum Gasteiger partial charge on any atom is -0.490 e. The van der Waals surface area contributed by atoms with Gasteiger partial charge in [-0.2, -0.15) is 4.31 Å². The fourth-order valence-corrected chi connectivity index (χ4v) is 3.60. The Morgan fingerprint density at radius 3 is 2.62 bits per heavy atom. The van der Waals surface area contributed by atoms with Crippen molar-refractivity contribution < 1.29 is 13.2 Å². The van der Waals surface area contributed by atoms with Crippen LogP contribution in [0.5, 0.6) is 5.75 Å². The SMILES string of the molecule is C=CCN(CC=C)S(=O)(=O)c1ccc2c(c1)N(C)CCO2. The largest absolute Gasteiger partial charge is 0.490 e. The van der Waals surface area contributed by atoms with Gasteiger partial charge in [0.1, 0.15) is 12.4 Å². The summed E-state index contributed by atoms with van der Waals surface area (Å²) in [4.78, 5) is 2.24. The van der Waals surface area contributed by atoms with E-state index in [4.69, 9.17) is 4.74 Å². The normalized spacial score (nSPS) is 14.5. The van der Waals surface area contributed by atoms with Crippen LogP contribution in [0.15, 0.2) is 48.4 Å². The Kier molecular flexibility index (Phi) is 4.69. The first-order valence-electron chi connectivity index (χ1n) is 6.70. The van der Waals surface area contributed by atoms with Crippen LogP contribution in [-0.2, 0) is 10.0 Å². The van der Waals surface area contributed by atoms with Crippen LogP contribution in [0.3, 0.4) is 0 Å². The van der Waals surface area contributed by atoms with Gasteiger partial charge in [0.25, 0.3) is 0 Å². The van der Waals surface area contributed by atoms with Crippen molar-refractivity contribution in [3.8, 4) is 5.75 Å². The van der Waals surface area contributed by atoms with Crippen molar-refractivity contribution in [2.75, 3.05) is 38.2 Å². The molecule has 114 valence electrons. The lowest BCUT2D eigenvalue weighted by Gasteiger charge is -2.28. The van der Waals surface area contributed by atoms with E-state index >= 15 is 0 Å². The standard InChI is InChI=1S/C15H20N2O3S/c1-4-8-17(9-5-2)21(18,19)13-6-7-15-14(12-13)16(3)10-11-20-15/h4-7,12H,1-2,8-11H2,3H3. The van der Waals surface area contributed by atoms with E-state index in [0.717, 1.165) is 12.2 Å². The molecule has 0 atom stereocenters. The van der Waals surface area contributed by atoms with Gasteiger partial charge >= 0.3 is 0 Å². The number of likely N-dealkylation sites (N-methyl/N-ethyl adjacent to an activating group) is 1. The Balaban J connectivity index is 2.42. The first-order valence-corrected chi connectivity index (χ1v) is 8.14. The number of ether oxygens (including phenoxy) is 1. The zero-order valence-corrected chi connectivity index (χ0v) is 13.0. The van der Waals surface area contributed by atoms with Crippen molar-refractivity contribution >= 4 is 15.7 Å². The second-order valence-corrected chi connectivity index (χ2v) is 6.74. The molecule has 0 saturated carbocycles. The minimum absolute atomic E-state index is 0.248. The van der Waals surface area contributed by atoms with Gasteiger partial charge in [-0.05, 0) is 18.2 Å². The maximum atomic E-state index is 12.7. The predicted molar refractivity (Wildman–Crippen MR) is 84.4 cm³/mol. The van der Waals surface area contributed by atoms with Gasteiger partial charge in [-0.1, -0.05) is 12.2 Å². The molecular formula is C15H20N2O3S. The molecule has 0 aromatic heterocycles. The molecule has 0 amide bonds. The molecule has 5 nitrogen and oxygen atoms in total. The van der Waals surface area contributed by atoms with Crippen LogP contribution >= 0.6 is 0 Å². The van der Waals surface area contributed by atoms with E-state index in [1.54, 1.807) is 30.4 Å². The first-order chi connectivity index (χ1) is 10.0. The van der Waals surface area contributed by atoms with Gasteiger partial charge < -0.3 is 9.64 Å². The maximum Gasteiger partial charge on any atom is 0.243 e. The summed E-state index contributed by atoms with van der Waals surface area (Å²) in [6.45, 7) is 9.04. The highest BCUT2D eigenvalue weighted by atomic mass is 32.2. The molecule has 0 aliphatic carbocycles. The summed E-state index contributed by atoms with van der Waals surface area (Å²) in [5.74, 6) is 0.710. The number of fused-ring (bicyclic) bond motifs is 1. The molecule has 1 aliphatic heterocycles. The molecular weight excluding hydrogens is 288 g/mol. The van der Waals surface area contributed by atoms with Crippen molar-refractivity contribution in [3.05, 3.63) is 43.5 Å². The lowest BCUT2D eigenvalue weighted by atomic mass is 10.2. The van der Waals surface area contributed by atoms with E-state index in [9.17, 15) is 8.42 Å². The van der Waals surface area contributed by atoms with Gasteiger partial charge in [-0.3, -0.25) is 0 Å². The predicted octanol–water partition coefficient (Wildman–Crippen LogP) is 1.88. The number of hydrogen-bond donors (Lipinski definition) is 0. The van der Waals surface area contributed by atoms with Gasteiger partial charge in [0, 0.05) is 20.1 Å². The number of rotatable bonds is 6. The summed E-state index contributed by atoms with van der Waals surface area (Å²) >= 11 is 0. The summed E-state index contributed by atoms with van der Waals surface area (Å²) in [5, 5.41) is 0. The third-order valence-electron chi connectivity index (χ3n) is 3.33. The number of hydrogen-bond acceptors (Lipinski definition) is 4. The monoisotopic (exact) mass is 308 g/mol. The Labute approximate surface area is 126 Å². The van der Waals surface area contributed by atoms with Crippen molar-refractivity contribution in [1.29, 1.82) is 0 Å². The third-order valence-corrected chi connectivity index (χ3v) is 5.16. The van der Waals surface area contributed by atoms with E-state index in [0.29, 0.717) is 12.4 Å². The van der Waals surface area contributed by atoms with Crippen LogP contribution in [0.4, 0.5) is 5.69 Å². The summed E-state index contributed by atoms with van der Waals surface area (Å²) < 4.78 is 32.2. The van der Waals surface area contributed by atoms with E-state index in [1.165, 1.54) is 4.31 Å². The molecule has 0 radical (unpaired) electrons. The zero-order valence-electron chi connectivity index (χ0n) is 12.2. The summed E-state index contributed by atoms with van der Waals surface area (Å²) in [6.07, 6.45) is 3.13. The second-order valence-electron chi connectivity index (χ2n) is 4.80. The average molecular weight is 308 g/mol. The average Bonchev–Trinajstić information content (AvgIpc) is 2.47. The number of anilines is 1. The Bertz CT molecular complexity index is 630. The molecule has 1 aromatic rings. The van der Waals surface area contributed by atoms with Crippen molar-refractivity contribution in [3.63, 3.8) is 0 Å². The van der Waals surface area contributed by atoms with Crippen LogP contribution in [0.2, 0.25) is 0 Å². The number of benzene rings is 1. The van der Waals surface area contributed by atoms with Crippen molar-refractivity contribution in [1.82, 2.24) is 4.31 Å². The van der Waals surface area contributed by atoms with Crippen molar-refractivity contribution in [2.24, 2.45) is 0 Å². The molecule has 6 heteroatoms. The van der Waals surface area contributed by atoms with Crippen LogP contribution in [0, 0.1) is 0 Å². The molecule has 0 saturated heterocycles. The smallest absolute Gasteiger partial charge is 0.243 e. The highest BCUT2D eigenvalue weighted by molar-refractivity contribution is 7.89. The topological polar surface area (TPSA) is 49.9 Å². The highest BCUT2D eigenvalue weighted by Gasteiger charge is 2.25. The lowest BCUT2D eigenvalue weighted by Crippen LogP contribution is -2.32. The molecule has 0 N–H and O–H groups in total. The molecule has 2 rings (SSSR count). The van der Waals surface area contributed by atoms with Crippen LogP contribution < -0.4 is 9.64 Å². The molecule has 1 aromatic carbocycles. The molecule has 0 unspecified atom stereocenters. The molecule has 1 aliphatic rings. The molecule has 0 fully saturated rings. The lowest BCUT2D eigenvalue weighted by molar-refractivity contribution is 0.311. The number of nitrogens with zero attached hydrogens (tertiary/aromatic N) is 2. The van der Waals surface area contributed by atoms with Gasteiger partial charge in [-0.25, -0.2) is 8.42 Å². The van der Waals surface area contributed by atoms with Gasteiger partial charge in [0.2, 0.25) is 10.0 Å². The van der Waals surface area contributed by atoms with Crippen LogP contribution in [0.25, 0.3) is 0 Å². The van der Waals surface area contributed by atoms with E-state index in [-0.39, 0.29) is 18.0 Å². The minimum atomic E-state index is -3.57. The van der Waals surface area contributed by atoms with Crippen molar-refractivity contribution in [2.45, 2.75) is 4.90 Å². The third kappa shape index (κ3) is 3.11. The fraction of sp³-hybridized carbons (Fsp3) is 0.333.